The Hall–Kier alpha value is -7.62. The Labute approximate surface area is 330 Å². The van der Waals surface area contributed by atoms with Gasteiger partial charge in [0.25, 0.3) is 0 Å². The van der Waals surface area contributed by atoms with Gasteiger partial charge in [-0.2, -0.15) is 0 Å². The summed E-state index contributed by atoms with van der Waals surface area (Å²) in [4.78, 5) is 9.48. The first kappa shape index (κ1) is 32.8. The summed E-state index contributed by atoms with van der Waals surface area (Å²) in [7, 11) is 0. The van der Waals surface area contributed by atoms with Gasteiger partial charge in [0.05, 0.1) is 28.6 Å². The van der Waals surface area contributed by atoms with E-state index in [1.165, 1.54) is 71.4 Å². The Balaban J connectivity index is 1.03. The van der Waals surface area contributed by atoms with Gasteiger partial charge in [-0.25, -0.2) is 0 Å². The summed E-state index contributed by atoms with van der Waals surface area (Å²) in [6, 6.07) is 72.0. The van der Waals surface area contributed by atoms with Gasteiger partial charge in [-0.1, -0.05) is 158 Å². The van der Waals surface area contributed by atoms with E-state index in [1.54, 1.807) is 0 Å². The van der Waals surface area contributed by atoms with E-state index in [0.717, 1.165) is 33.5 Å². The zero-order valence-electron chi connectivity index (χ0n) is 31.0. The van der Waals surface area contributed by atoms with E-state index in [-0.39, 0.29) is 0 Å². The van der Waals surface area contributed by atoms with E-state index in [0.29, 0.717) is 0 Å². The molecule has 0 fully saturated rings. The second kappa shape index (κ2) is 13.6. The highest BCUT2D eigenvalue weighted by molar-refractivity contribution is 6.21. The minimum Gasteiger partial charge on any atom is -0.308 e. The minimum atomic E-state index is 0.861. The topological polar surface area (TPSA) is 30.7 Å². The van der Waals surface area contributed by atoms with Crippen LogP contribution in [0.4, 0.5) is 0 Å². The van der Waals surface area contributed by atoms with Gasteiger partial charge in [0, 0.05) is 22.7 Å². The molecule has 0 saturated carbocycles. The van der Waals surface area contributed by atoms with Crippen molar-refractivity contribution in [2.24, 2.45) is 0 Å². The van der Waals surface area contributed by atoms with Gasteiger partial charge in [0.2, 0.25) is 0 Å². The Morgan fingerprint density at radius 3 is 1.35 bits per heavy atom. The summed E-state index contributed by atoms with van der Waals surface area (Å²) in [6.07, 6.45) is 3.81. The van der Waals surface area contributed by atoms with Gasteiger partial charge in [-0.15, -0.1) is 0 Å². The van der Waals surface area contributed by atoms with Crippen LogP contribution in [0.15, 0.2) is 213 Å². The molecule has 0 amide bonds. The van der Waals surface area contributed by atoms with Crippen LogP contribution >= 0.6 is 0 Å². The van der Waals surface area contributed by atoms with Gasteiger partial charge in [-0.05, 0) is 109 Å². The minimum absolute atomic E-state index is 0.861. The molecular formula is C54H35N3. The maximum absolute atomic E-state index is 4.87. The van der Waals surface area contributed by atoms with Crippen LogP contribution < -0.4 is 0 Å². The first-order valence-corrected chi connectivity index (χ1v) is 19.4. The van der Waals surface area contributed by atoms with Crippen LogP contribution in [0.1, 0.15) is 0 Å². The summed E-state index contributed by atoms with van der Waals surface area (Å²) in [5, 5.41) is 7.33. The van der Waals surface area contributed by atoms with Gasteiger partial charge in [0.1, 0.15) is 0 Å². The number of hydrogen-bond acceptors (Lipinski definition) is 2. The predicted molar refractivity (Wildman–Crippen MR) is 239 cm³/mol. The number of nitrogens with zero attached hydrogens (tertiary/aromatic N) is 3. The zero-order chi connectivity index (χ0) is 37.7. The third-order valence-electron chi connectivity index (χ3n) is 11.3. The maximum Gasteiger partial charge on any atom is 0.0893 e. The fourth-order valence-electron chi connectivity index (χ4n) is 8.65. The van der Waals surface area contributed by atoms with E-state index in [9.17, 15) is 0 Å². The lowest BCUT2D eigenvalue weighted by molar-refractivity contribution is 1.16. The molecule has 3 heteroatoms. The second-order valence-electron chi connectivity index (χ2n) is 14.6. The lowest BCUT2D eigenvalue weighted by Crippen LogP contribution is -1.94. The normalized spacial score (nSPS) is 11.5. The number of pyridine rings is 2. The third-order valence-corrected chi connectivity index (χ3v) is 11.3. The molecule has 0 aliphatic carbocycles. The fourth-order valence-corrected chi connectivity index (χ4v) is 8.65. The molecule has 57 heavy (non-hydrogen) atoms. The smallest absolute Gasteiger partial charge is 0.0893 e. The Bertz CT molecular complexity index is 3180. The van der Waals surface area contributed by atoms with Gasteiger partial charge in [0.15, 0.2) is 0 Å². The summed E-state index contributed by atoms with van der Waals surface area (Å²) in [5.74, 6) is 0. The van der Waals surface area contributed by atoms with Crippen LogP contribution in [0.3, 0.4) is 0 Å². The summed E-state index contributed by atoms with van der Waals surface area (Å²) in [6.45, 7) is 0. The second-order valence-corrected chi connectivity index (χ2v) is 14.6. The van der Waals surface area contributed by atoms with Crippen molar-refractivity contribution >= 4 is 43.4 Å². The Morgan fingerprint density at radius 2 is 0.772 bits per heavy atom. The van der Waals surface area contributed by atoms with E-state index >= 15 is 0 Å². The lowest BCUT2D eigenvalue weighted by Gasteiger charge is -2.18. The van der Waals surface area contributed by atoms with Crippen molar-refractivity contribution in [2.75, 3.05) is 0 Å². The Morgan fingerprint density at radius 1 is 0.298 bits per heavy atom. The summed E-state index contributed by atoms with van der Waals surface area (Å²) in [5.41, 5.74) is 14.8. The van der Waals surface area contributed by atoms with Crippen molar-refractivity contribution in [3.05, 3.63) is 213 Å². The molecular weight excluding hydrogens is 691 g/mol. The van der Waals surface area contributed by atoms with Crippen LogP contribution in [0, 0.1) is 0 Å². The van der Waals surface area contributed by atoms with E-state index in [2.05, 4.69) is 192 Å². The van der Waals surface area contributed by atoms with Crippen LogP contribution in [0.25, 0.3) is 105 Å². The van der Waals surface area contributed by atoms with Crippen LogP contribution in [0.2, 0.25) is 0 Å². The van der Waals surface area contributed by atoms with Crippen molar-refractivity contribution in [3.63, 3.8) is 0 Å². The van der Waals surface area contributed by atoms with Crippen molar-refractivity contribution < 1.29 is 0 Å². The number of rotatable bonds is 6. The van der Waals surface area contributed by atoms with Crippen molar-refractivity contribution in [1.29, 1.82) is 0 Å². The monoisotopic (exact) mass is 725 g/mol. The molecule has 8 aromatic carbocycles. The highest BCUT2D eigenvalue weighted by atomic mass is 15.0. The van der Waals surface area contributed by atoms with Gasteiger partial charge < -0.3 is 4.57 Å². The van der Waals surface area contributed by atoms with Crippen LogP contribution in [0.5, 0.6) is 0 Å². The number of aromatic nitrogens is 3. The molecule has 0 atom stereocenters. The third kappa shape index (κ3) is 5.60. The average Bonchev–Trinajstić information content (AvgIpc) is 3.62. The number of para-hydroxylation sites is 1. The van der Waals surface area contributed by atoms with E-state index < -0.39 is 0 Å². The first-order valence-electron chi connectivity index (χ1n) is 19.4. The SMILES string of the molecule is c1ccc(-c2ccc(-c3c4ccccc4c(-c4ccc(-c5ccc6c(c5)c5cc(-c7ccccn7)ncc5n6-c5ccccc5)cc4)c4ccccc34)cc2)cc1. The quantitative estimate of drug-likeness (QED) is 0.160. The predicted octanol–water partition coefficient (Wildman–Crippen LogP) is 14.2. The van der Waals surface area contributed by atoms with Gasteiger partial charge >= 0.3 is 0 Å². The van der Waals surface area contributed by atoms with Crippen LogP contribution in [-0.2, 0) is 0 Å². The van der Waals surface area contributed by atoms with Gasteiger partial charge in [-0.3, -0.25) is 9.97 Å². The molecule has 0 spiro atoms. The highest BCUT2D eigenvalue weighted by Crippen LogP contribution is 2.44. The molecule has 0 saturated heterocycles. The summed E-state index contributed by atoms with van der Waals surface area (Å²) < 4.78 is 2.31. The molecule has 0 unspecified atom stereocenters. The zero-order valence-corrected chi connectivity index (χ0v) is 31.0. The molecule has 0 radical (unpaired) electrons. The molecule has 0 aliphatic heterocycles. The summed E-state index contributed by atoms with van der Waals surface area (Å²) >= 11 is 0. The highest BCUT2D eigenvalue weighted by Gasteiger charge is 2.18. The van der Waals surface area contributed by atoms with E-state index in [4.69, 9.17) is 4.98 Å². The molecule has 11 rings (SSSR count). The van der Waals surface area contributed by atoms with Crippen molar-refractivity contribution in [2.45, 2.75) is 0 Å². The van der Waals surface area contributed by atoms with E-state index in [1.807, 2.05) is 30.6 Å². The maximum atomic E-state index is 4.87. The molecule has 3 heterocycles. The Kier molecular flexibility index (Phi) is 7.82. The molecule has 266 valence electrons. The molecule has 0 aliphatic rings. The molecule has 0 bridgehead atoms. The molecule has 11 aromatic rings. The number of benzene rings is 8. The largest absolute Gasteiger partial charge is 0.308 e. The average molecular weight is 726 g/mol. The molecule has 3 nitrogen and oxygen atoms in total. The van der Waals surface area contributed by atoms with Crippen molar-refractivity contribution in [1.82, 2.24) is 14.5 Å². The van der Waals surface area contributed by atoms with Crippen molar-refractivity contribution in [3.8, 4) is 61.6 Å². The number of hydrogen-bond donors (Lipinski definition) is 0. The fraction of sp³-hybridized carbons (Fsp3) is 0. The standard InChI is InChI=1S/C54H35N3/c1-3-13-36(14-4-1)37-22-26-39(27-23-37)53-43-17-7-9-19-45(43)54(46-20-10-8-18-44(46)53)40-28-24-38(25-29-40)41-30-31-51-47(33-41)48-34-50(49-21-11-12-32-55-49)56-35-52(48)57(51)42-15-5-2-6-16-42/h1-35H. The van der Waals surface area contributed by atoms with Crippen LogP contribution in [-0.4, -0.2) is 14.5 Å². The lowest BCUT2D eigenvalue weighted by atomic mass is 9.85. The molecule has 3 aromatic heterocycles. The molecule has 0 N–H and O–H groups in total. The first-order chi connectivity index (χ1) is 28.3. The number of fused-ring (bicyclic) bond motifs is 5.